The van der Waals surface area contributed by atoms with Gasteiger partial charge in [0.2, 0.25) is 5.91 Å². The van der Waals surface area contributed by atoms with Crippen LogP contribution in [0.4, 0.5) is 10.2 Å². The van der Waals surface area contributed by atoms with Gasteiger partial charge in [-0.25, -0.2) is 9.07 Å². The van der Waals surface area contributed by atoms with E-state index >= 15 is 0 Å². The minimum atomic E-state index is -0.612. The summed E-state index contributed by atoms with van der Waals surface area (Å²) in [6.45, 7) is 3.98. The van der Waals surface area contributed by atoms with Crippen molar-refractivity contribution in [3.8, 4) is 22.6 Å². The highest BCUT2D eigenvalue weighted by Gasteiger charge is 2.24. The smallest absolute Gasteiger partial charge is 0.257 e. The highest BCUT2D eigenvalue weighted by molar-refractivity contribution is 6.01. The number of amides is 2. The van der Waals surface area contributed by atoms with E-state index in [-0.39, 0.29) is 12.1 Å². The van der Waals surface area contributed by atoms with Crippen molar-refractivity contribution in [1.29, 1.82) is 0 Å². The summed E-state index contributed by atoms with van der Waals surface area (Å²) in [6, 6.07) is 22.8. The lowest BCUT2D eigenvalue weighted by molar-refractivity contribution is -0.117. The topological polar surface area (TPSA) is 76.5 Å². The number of hydrogen-bond acceptors (Lipinski definition) is 4. The number of nitrogens with zero attached hydrogens (tertiary/aromatic N) is 3. The Hall–Kier alpha value is -4.46. The highest BCUT2D eigenvalue weighted by Crippen LogP contribution is 2.33. The number of nitrogens with one attached hydrogen (secondary N) is 1. The van der Waals surface area contributed by atoms with E-state index < -0.39 is 17.6 Å². The molecule has 0 atom stereocenters. The molecule has 3 aromatic carbocycles. The average molecular weight is 515 g/mol. The van der Waals surface area contributed by atoms with Crippen LogP contribution in [0.1, 0.15) is 35.8 Å². The van der Waals surface area contributed by atoms with E-state index in [1.807, 2.05) is 68.4 Å². The summed E-state index contributed by atoms with van der Waals surface area (Å²) < 4.78 is 21.3. The highest BCUT2D eigenvalue weighted by atomic mass is 19.1. The fourth-order valence-electron chi connectivity index (χ4n) is 4.25. The molecule has 0 spiro atoms. The van der Waals surface area contributed by atoms with Gasteiger partial charge in [-0.15, -0.1) is 0 Å². The Morgan fingerprint density at radius 2 is 1.68 bits per heavy atom. The molecule has 0 radical (unpaired) electrons. The minimum Gasteiger partial charge on any atom is -0.497 e. The number of anilines is 1. The van der Waals surface area contributed by atoms with Crippen molar-refractivity contribution in [2.75, 3.05) is 25.5 Å². The zero-order valence-electron chi connectivity index (χ0n) is 21.8. The van der Waals surface area contributed by atoms with E-state index in [1.165, 1.54) is 23.1 Å². The maximum Gasteiger partial charge on any atom is 0.257 e. The molecule has 38 heavy (non-hydrogen) atoms. The molecule has 0 aliphatic carbocycles. The molecule has 0 fully saturated rings. The van der Waals surface area contributed by atoms with Crippen LogP contribution in [0.3, 0.4) is 0 Å². The van der Waals surface area contributed by atoms with Crippen molar-refractivity contribution in [3.05, 3.63) is 95.9 Å². The lowest BCUT2D eigenvalue weighted by Crippen LogP contribution is -2.39. The second-order valence-corrected chi connectivity index (χ2v) is 8.89. The van der Waals surface area contributed by atoms with Gasteiger partial charge >= 0.3 is 0 Å². The number of ether oxygens (including phenoxy) is 1. The van der Waals surface area contributed by atoms with E-state index in [9.17, 15) is 14.0 Å². The molecule has 4 aromatic rings. The van der Waals surface area contributed by atoms with Crippen molar-refractivity contribution in [3.63, 3.8) is 0 Å². The first kappa shape index (κ1) is 26.6. The summed E-state index contributed by atoms with van der Waals surface area (Å²) in [4.78, 5) is 28.0. The summed E-state index contributed by atoms with van der Waals surface area (Å²) >= 11 is 0. The van der Waals surface area contributed by atoms with Crippen LogP contribution in [-0.4, -0.2) is 46.7 Å². The first-order valence-corrected chi connectivity index (χ1v) is 12.6. The van der Waals surface area contributed by atoms with E-state index in [0.29, 0.717) is 24.5 Å². The summed E-state index contributed by atoms with van der Waals surface area (Å²) in [5, 5.41) is 7.72. The molecule has 1 N–H and O–H groups in total. The van der Waals surface area contributed by atoms with Gasteiger partial charge in [0.25, 0.3) is 5.91 Å². The SMILES string of the molecule is CCCCN(CC(=O)Nc1c(-c2ccccc2)c(C)nn1-c1ccc(OC)cc1)C(=O)c1ccccc1F. The predicted octanol–water partition coefficient (Wildman–Crippen LogP) is 5.88. The van der Waals surface area contributed by atoms with Crippen molar-refractivity contribution < 1.29 is 18.7 Å². The standard InChI is InChI=1S/C30H31FN4O3/c1-4-5-19-34(30(37)25-13-9-10-14-26(25)31)20-27(36)32-29-28(22-11-7-6-8-12-22)21(2)33-35(29)23-15-17-24(38-3)18-16-23/h6-18H,4-5,19-20H2,1-3H3,(H,32,36). The number of rotatable bonds is 10. The van der Waals surface area contributed by atoms with Gasteiger partial charge in [-0.05, 0) is 55.3 Å². The van der Waals surface area contributed by atoms with Gasteiger partial charge in [0.05, 0.1) is 24.1 Å². The van der Waals surface area contributed by atoms with Crippen LogP contribution in [0, 0.1) is 12.7 Å². The molecule has 196 valence electrons. The lowest BCUT2D eigenvalue weighted by atomic mass is 10.1. The van der Waals surface area contributed by atoms with Gasteiger partial charge in [-0.3, -0.25) is 9.59 Å². The Morgan fingerprint density at radius 1 is 1.00 bits per heavy atom. The number of methoxy groups -OCH3 is 1. The average Bonchev–Trinajstić information content (AvgIpc) is 3.26. The third-order valence-electron chi connectivity index (χ3n) is 6.21. The van der Waals surface area contributed by atoms with Crippen molar-refractivity contribution in [1.82, 2.24) is 14.7 Å². The zero-order valence-corrected chi connectivity index (χ0v) is 21.8. The first-order valence-electron chi connectivity index (χ1n) is 12.6. The molecule has 0 bridgehead atoms. The Labute approximate surface area is 221 Å². The summed E-state index contributed by atoms with van der Waals surface area (Å²) in [5.74, 6) is -0.353. The van der Waals surface area contributed by atoms with Crippen molar-refractivity contribution >= 4 is 17.6 Å². The lowest BCUT2D eigenvalue weighted by Gasteiger charge is -2.23. The number of aromatic nitrogens is 2. The molecule has 1 heterocycles. The maximum absolute atomic E-state index is 14.4. The number of unbranched alkanes of at least 4 members (excludes halogenated alkanes) is 1. The summed E-state index contributed by atoms with van der Waals surface area (Å²) in [5.41, 5.74) is 3.07. The second-order valence-electron chi connectivity index (χ2n) is 8.89. The van der Waals surface area contributed by atoms with Crippen molar-refractivity contribution in [2.24, 2.45) is 0 Å². The fourth-order valence-corrected chi connectivity index (χ4v) is 4.25. The quantitative estimate of drug-likeness (QED) is 0.287. The molecule has 4 rings (SSSR count). The Bertz CT molecular complexity index is 1400. The monoisotopic (exact) mass is 514 g/mol. The number of aryl methyl sites for hydroxylation is 1. The van der Waals surface area contributed by atoms with Crippen LogP contribution in [-0.2, 0) is 4.79 Å². The van der Waals surface area contributed by atoms with Gasteiger partial charge in [-0.1, -0.05) is 55.8 Å². The number of halogens is 1. The fraction of sp³-hybridized carbons (Fsp3) is 0.233. The van der Waals surface area contributed by atoms with Gasteiger partial charge < -0.3 is 15.0 Å². The Balaban J connectivity index is 1.68. The van der Waals surface area contributed by atoms with Crippen LogP contribution in [0.25, 0.3) is 16.8 Å². The second kappa shape index (κ2) is 12.2. The molecule has 0 unspecified atom stereocenters. The normalized spacial score (nSPS) is 10.7. The molecule has 0 saturated heterocycles. The van der Waals surface area contributed by atoms with Gasteiger partial charge in [0.15, 0.2) is 0 Å². The third kappa shape index (κ3) is 5.91. The Morgan fingerprint density at radius 3 is 2.34 bits per heavy atom. The van der Waals surface area contributed by atoms with Crippen LogP contribution in [0.5, 0.6) is 5.75 Å². The summed E-state index contributed by atoms with van der Waals surface area (Å²) in [7, 11) is 1.60. The van der Waals surface area contributed by atoms with Gasteiger partial charge in [0, 0.05) is 12.1 Å². The Kier molecular flexibility index (Phi) is 8.53. The van der Waals surface area contributed by atoms with E-state index in [2.05, 4.69) is 5.32 Å². The number of benzene rings is 3. The minimum absolute atomic E-state index is 0.0551. The van der Waals surface area contributed by atoms with E-state index in [4.69, 9.17) is 9.84 Å². The number of hydrogen-bond donors (Lipinski definition) is 1. The largest absolute Gasteiger partial charge is 0.497 e. The molecule has 0 aliphatic heterocycles. The van der Waals surface area contributed by atoms with Crippen molar-refractivity contribution in [2.45, 2.75) is 26.7 Å². The van der Waals surface area contributed by atoms with E-state index in [0.717, 1.165) is 28.9 Å². The number of carbonyl (C=O) groups excluding carboxylic acids is 2. The summed E-state index contributed by atoms with van der Waals surface area (Å²) in [6.07, 6.45) is 1.51. The molecule has 7 nitrogen and oxygen atoms in total. The van der Waals surface area contributed by atoms with Gasteiger partial charge in [-0.2, -0.15) is 5.10 Å². The van der Waals surface area contributed by atoms with Crippen LogP contribution >= 0.6 is 0 Å². The molecule has 2 amide bonds. The molecular formula is C30H31FN4O3. The molecule has 1 aromatic heterocycles. The van der Waals surface area contributed by atoms with Crippen LogP contribution < -0.4 is 10.1 Å². The maximum atomic E-state index is 14.4. The molecule has 0 saturated carbocycles. The first-order chi connectivity index (χ1) is 18.4. The molecule has 8 heteroatoms. The van der Waals surface area contributed by atoms with E-state index in [1.54, 1.807) is 17.9 Å². The predicted molar refractivity (Wildman–Crippen MR) is 146 cm³/mol. The van der Waals surface area contributed by atoms with Crippen LogP contribution in [0.2, 0.25) is 0 Å². The zero-order chi connectivity index (χ0) is 27.1. The third-order valence-corrected chi connectivity index (χ3v) is 6.21. The molecule has 0 aliphatic rings. The van der Waals surface area contributed by atoms with Gasteiger partial charge in [0.1, 0.15) is 23.9 Å². The number of carbonyl (C=O) groups is 2. The molecular weight excluding hydrogens is 483 g/mol. The van der Waals surface area contributed by atoms with Crippen LogP contribution in [0.15, 0.2) is 78.9 Å².